The molecular formula is C20H22ClFN2O2. The van der Waals surface area contributed by atoms with Crippen molar-refractivity contribution in [2.75, 3.05) is 16.8 Å². The van der Waals surface area contributed by atoms with Gasteiger partial charge in [0.1, 0.15) is 5.82 Å². The van der Waals surface area contributed by atoms with Crippen molar-refractivity contribution in [1.82, 2.24) is 0 Å². The summed E-state index contributed by atoms with van der Waals surface area (Å²) in [6.45, 7) is 5.85. The minimum absolute atomic E-state index is 0.0565. The van der Waals surface area contributed by atoms with Gasteiger partial charge in [-0.2, -0.15) is 0 Å². The number of halogens is 2. The maximum absolute atomic E-state index is 13.2. The van der Waals surface area contributed by atoms with Crippen molar-refractivity contribution in [3.05, 3.63) is 58.9 Å². The van der Waals surface area contributed by atoms with Gasteiger partial charge in [-0.1, -0.05) is 43.6 Å². The molecule has 138 valence electrons. The van der Waals surface area contributed by atoms with Gasteiger partial charge >= 0.3 is 0 Å². The molecule has 0 aromatic heterocycles. The molecular weight excluding hydrogens is 355 g/mol. The Bertz CT molecular complexity index is 808. The van der Waals surface area contributed by atoms with Gasteiger partial charge < -0.3 is 10.2 Å². The summed E-state index contributed by atoms with van der Waals surface area (Å²) in [5, 5.41) is 2.61. The number of benzene rings is 2. The van der Waals surface area contributed by atoms with Crippen LogP contribution in [0.1, 0.15) is 38.7 Å². The highest BCUT2D eigenvalue weighted by Crippen LogP contribution is 2.27. The molecule has 0 atom stereocenters. The second-order valence-corrected chi connectivity index (χ2v) is 6.72. The van der Waals surface area contributed by atoms with Crippen LogP contribution in [-0.2, 0) is 9.59 Å². The fourth-order valence-electron chi connectivity index (χ4n) is 2.68. The maximum Gasteiger partial charge on any atom is 0.226 e. The number of anilines is 2. The number of amides is 2. The summed E-state index contributed by atoms with van der Waals surface area (Å²) in [6, 6.07) is 11.7. The molecule has 6 heteroatoms. The van der Waals surface area contributed by atoms with Crippen LogP contribution in [0, 0.1) is 5.82 Å². The normalized spacial score (nSPS) is 10.7. The van der Waals surface area contributed by atoms with E-state index in [9.17, 15) is 14.0 Å². The third-order valence-corrected chi connectivity index (χ3v) is 4.29. The van der Waals surface area contributed by atoms with E-state index in [0.717, 1.165) is 11.3 Å². The Hall–Kier alpha value is -2.40. The van der Waals surface area contributed by atoms with Crippen molar-refractivity contribution in [2.45, 2.75) is 33.1 Å². The zero-order chi connectivity index (χ0) is 19.3. The first kappa shape index (κ1) is 19.9. The van der Waals surface area contributed by atoms with Gasteiger partial charge in [-0.3, -0.25) is 9.59 Å². The van der Waals surface area contributed by atoms with E-state index in [1.54, 1.807) is 4.90 Å². The molecule has 2 rings (SSSR count). The molecule has 2 aromatic carbocycles. The predicted octanol–water partition coefficient (Wildman–Crippen LogP) is 4.98. The van der Waals surface area contributed by atoms with E-state index in [4.69, 9.17) is 11.6 Å². The quantitative estimate of drug-likeness (QED) is 0.772. The number of hydrogen-bond donors (Lipinski definition) is 1. The first-order valence-electron chi connectivity index (χ1n) is 8.41. The molecule has 0 aliphatic heterocycles. The van der Waals surface area contributed by atoms with E-state index in [-0.39, 0.29) is 35.7 Å². The predicted molar refractivity (Wildman–Crippen MR) is 103 cm³/mol. The zero-order valence-corrected chi connectivity index (χ0v) is 15.8. The topological polar surface area (TPSA) is 49.4 Å². The van der Waals surface area contributed by atoms with Crippen LogP contribution < -0.4 is 10.2 Å². The van der Waals surface area contributed by atoms with Gasteiger partial charge in [0.05, 0.1) is 5.02 Å². The SMILES string of the molecule is CC(=O)N(CCC(=O)Nc1ccc(F)c(Cl)c1)c1ccccc1C(C)C. The lowest BCUT2D eigenvalue weighted by Crippen LogP contribution is -2.32. The Balaban J connectivity index is 2.08. The highest BCUT2D eigenvalue weighted by Gasteiger charge is 2.18. The van der Waals surface area contributed by atoms with Crippen molar-refractivity contribution in [1.29, 1.82) is 0 Å². The zero-order valence-electron chi connectivity index (χ0n) is 15.1. The maximum atomic E-state index is 13.2. The van der Waals surface area contributed by atoms with Gasteiger partial charge in [-0.15, -0.1) is 0 Å². The molecule has 0 saturated carbocycles. The van der Waals surface area contributed by atoms with Crippen LogP contribution in [-0.4, -0.2) is 18.4 Å². The van der Waals surface area contributed by atoms with Crippen molar-refractivity contribution in [2.24, 2.45) is 0 Å². The number of nitrogens with one attached hydrogen (secondary N) is 1. The van der Waals surface area contributed by atoms with Crippen LogP contribution in [0.3, 0.4) is 0 Å². The van der Waals surface area contributed by atoms with Crippen LogP contribution in [0.15, 0.2) is 42.5 Å². The number of hydrogen-bond acceptors (Lipinski definition) is 2. The fraction of sp³-hybridized carbons (Fsp3) is 0.300. The molecule has 0 aliphatic rings. The molecule has 0 radical (unpaired) electrons. The van der Waals surface area contributed by atoms with Crippen LogP contribution in [0.5, 0.6) is 0 Å². The molecule has 4 nitrogen and oxygen atoms in total. The first-order valence-corrected chi connectivity index (χ1v) is 8.79. The average molecular weight is 377 g/mol. The van der Waals surface area contributed by atoms with Crippen LogP contribution in [0.2, 0.25) is 5.02 Å². The lowest BCUT2D eigenvalue weighted by atomic mass is 10.0. The van der Waals surface area contributed by atoms with Crippen LogP contribution in [0.4, 0.5) is 15.8 Å². The lowest BCUT2D eigenvalue weighted by Gasteiger charge is -2.25. The molecule has 26 heavy (non-hydrogen) atoms. The highest BCUT2D eigenvalue weighted by atomic mass is 35.5. The van der Waals surface area contributed by atoms with Crippen molar-refractivity contribution in [3.63, 3.8) is 0 Å². The molecule has 0 unspecified atom stereocenters. The van der Waals surface area contributed by atoms with Gasteiger partial charge in [0, 0.05) is 31.3 Å². The van der Waals surface area contributed by atoms with Gasteiger partial charge in [0.25, 0.3) is 0 Å². The van der Waals surface area contributed by atoms with E-state index in [2.05, 4.69) is 19.2 Å². The van der Waals surface area contributed by atoms with Gasteiger partial charge in [-0.25, -0.2) is 4.39 Å². The molecule has 0 bridgehead atoms. The fourth-order valence-corrected chi connectivity index (χ4v) is 2.86. The summed E-state index contributed by atoms with van der Waals surface area (Å²) in [6.07, 6.45) is 0.112. The van der Waals surface area contributed by atoms with Crippen LogP contribution in [0.25, 0.3) is 0 Å². The number of carbonyl (C=O) groups is 2. The van der Waals surface area contributed by atoms with Crippen LogP contribution >= 0.6 is 11.6 Å². The molecule has 0 spiro atoms. The minimum Gasteiger partial charge on any atom is -0.326 e. The molecule has 0 aliphatic carbocycles. The molecule has 2 aromatic rings. The number of carbonyl (C=O) groups excluding carboxylic acids is 2. The first-order chi connectivity index (χ1) is 12.3. The Labute approximate surface area is 158 Å². The number of para-hydroxylation sites is 1. The second-order valence-electron chi connectivity index (χ2n) is 6.31. The van der Waals surface area contributed by atoms with E-state index in [0.29, 0.717) is 5.69 Å². The minimum atomic E-state index is -0.544. The molecule has 1 N–H and O–H groups in total. The van der Waals surface area contributed by atoms with Gasteiger partial charge in [0.2, 0.25) is 11.8 Å². The Morgan fingerprint density at radius 1 is 1.19 bits per heavy atom. The van der Waals surface area contributed by atoms with E-state index >= 15 is 0 Å². The molecule has 0 heterocycles. The Morgan fingerprint density at radius 2 is 1.88 bits per heavy atom. The molecule has 2 amide bonds. The number of rotatable bonds is 6. The summed E-state index contributed by atoms with van der Waals surface area (Å²) in [4.78, 5) is 25.9. The standard InChI is InChI=1S/C20H22ClFN2O2/c1-13(2)16-6-4-5-7-19(16)24(14(3)25)11-10-20(26)23-15-8-9-18(22)17(21)12-15/h4-9,12-13H,10-11H2,1-3H3,(H,23,26). The van der Waals surface area contributed by atoms with Gasteiger partial charge in [-0.05, 0) is 35.7 Å². The van der Waals surface area contributed by atoms with E-state index < -0.39 is 5.82 Å². The summed E-state index contributed by atoms with van der Waals surface area (Å²) < 4.78 is 13.2. The average Bonchev–Trinajstić information content (AvgIpc) is 2.58. The summed E-state index contributed by atoms with van der Waals surface area (Å²) in [5.41, 5.74) is 2.28. The lowest BCUT2D eigenvalue weighted by molar-refractivity contribution is -0.117. The summed E-state index contributed by atoms with van der Waals surface area (Å²) >= 11 is 5.71. The van der Waals surface area contributed by atoms with Crippen molar-refractivity contribution >= 4 is 34.8 Å². The number of nitrogens with zero attached hydrogens (tertiary/aromatic N) is 1. The largest absolute Gasteiger partial charge is 0.326 e. The third-order valence-electron chi connectivity index (χ3n) is 4.00. The molecule has 0 saturated heterocycles. The smallest absolute Gasteiger partial charge is 0.226 e. The highest BCUT2D eigenvalue weighted by molar-refractivity contribution is 6.31. The second kappa shape index (κ2) is 8.81. The van der Waals surface area contributed by atoms with Crippen molar-refractivity contribution in [3.8, 4) is 0 Å². The molecule has 0 fully saturated rings. The third kappa shape index (κ3) is 5.05. The van der Waals surface area contributed by atoms with E-state index in [1.165, 1.54) is 25.1 Å². The van der Waals surface area contributed by atoms with E-state index in [1.807, 2.05) is 24.3 Å². The van der Waals surface area contributed by atoms with Crippen molar-refractivity contribution < 1.29 is 14.0 Å². The summed E-state index contributed by atoms with van der Waals surface area (Å²) in [7, 11) is 0. The summed E-state index contributed by atoms with van der Waals surface area (Å²) in [5.74, 6) is -0.697. The Morgan fingerprint density at radius 3 is 2.50 bits per heavy atom. The Kier molecular flexibility index (Phi) is 6.75. The van der Waals surface area contributed by atoms with Gasteiger partial charge in [0.15, 0.2) is 0 Å². The monoisotopic (exact) mass is 376 g/mol.